The number of allylic oxidation sites excluding steroid dienone is 1. The molecule has 0 amide bonds. The lowest BCUT2D eigenvalue weighted by atomic mass is 10.2. The summed E-state index contributed by atoms with van der Waals surface area (Å²) in [6.07, 6.45) is 9.02. The van der Waals surface area contributed by atoms with Crippen molar-refractivity contribution in [3.63, 3.8) is 0 Å². The van der Waals surface area contributed by atoms with E-state index in [-0.39, 0.29) is 0 Å². The minimum absolute atomic E-state index is 0.656. The zero-order chi connectivity index (χ0) is 17.2. The highest BCUT2D eigenvalue weighted by atomic mass is 16.5. The number of aliphatic imine (C=N–C) groups is 1. The van der Waals surface area contributed by atoms with Gasteiger partial charge < -0.3 is 19.7 Å². The highest BCUT2D eigenvalue weighted by Crippen LogP contribution is 2.01. The third-order valence-corrected chi connectivity index (χ3v) is 3.52. The lowest BCUT2D eigenvalue weighted by molar-refractivity contribution is 0.0486. The van der Waals surface area contributed by atoms with Crippen LogP contribution in [0.1, 0.15) is 45.4 Å². The van der Waals surface area contributed by atoms with Crippen molar-refractivity contribution in [1.82, 2.24) is 10.2 Å². The van der Waals surface area contributed by atoms with Crippen LogP contribution in [-0.2, 0) is 9.47 Å². The number of nitrogens with zero attached hydrogens (tertiary/aromatic N) is 2. The summed E-state index contributed by atoms with van der Waals surface area (Å²) in [5, 5.41) is 3.33. The molecule has 0 fully saturated rings. The quantitative estimate of drug-likeness (QED) is 0.217. The van der Waals surface area contributed by atoms with Gasteiger partial charge in [-0.25, -0.2) is 0 Å². The summed E-state index contributed by atoms with van der Waals surface area (Å²) in [5.41, 5.74) is 0. The molecule has 0 rings (SSSR count). The second-order valence-electron chi connectivity index (χ2n) is 5.61. The van der Waals surface area contributed by atoms with Crippen molar-refractivity contribution in [2.24, 2.45) is 4.99 Å². The summed E-state index contributed by atoms with van der Waals surface area (Å²) >= 11 is 0. The Bertz CT molecular complexity index is 296. The molecule has 0 aliphatic carbocycles. The molecule has 0 aromatic carbocycles. The van der Waals surface area contributed by atoms with E-state index >= 15 is 0 Å². The van der Waals surface area contributed by atoms with Crippen LogP contribution in [0.2, 0.25) is 0 Å². The van der Waals surface area contributed by atoms with Gasteiger partial charge in [-0.3, -0.25) is 4.99 Å². The number of hydrogen-bond acceptors (Lipinski definition) is 3. The predicted octanol–water partition coefficient (Wildman–Crippen LogP) is 3.07. The monoisotopic (exact) mass is 327 g/mol. The van der Waals surface area contributed by atoms with Crippen molar-refractivity contribution < 1.29 is 9.47 Å². The number of hydrogen-bond donors (Lipinski definition) is 1. The smallest absolute Gasteiger partial charge is 0.193 e. The minimum atomic E-state index is 0.656. The topological polar surface area (TPSA) is 46.1 Å². The average molecular weight is 328 g/mol. The SMILES string of the molecule is C=CCCCCCN(C)C(=NC)NCCOCCOCCCC. The van der Waals surface area contributed by atoms with Crippen molar-refractivity contribution in [3.05, 3.63) is 12.7 Å². The molecule has 0 aromatic heterocycles. The maximum atomic E-state index is 5.54. The molecule has 0 aliphatic heterocycles. The molecule has 5 heteroatoms. The number of ether oxygens (including phenoxy) is 2. The molecule has 0 saturated heterocycles. The van der Waals surface area contributed by atoms with Gasteiger partial charge in [0, 0.05) is 33.8 Å². The lowest BCUT2D eigenvalue weighted by Crippen LogP contribution is -2.40. The van der Waals surface area contributed by atoms with Crippen LogP contribution < -0.4 is 5.32 Å². The van der Waals surface area contributed by atoms with Crippen LogP contribution in [0.25, 0.3) is 0 Å². The molecule has 0 aromatic rings. The Labute approximate surface area is 143 Å². The molecule has 0 heterocycles. The lowest BCUT2D eigenvalue weighted by Gasteiger charge is -2.22. The predicted molar refractivity (Wildman–Crippen MR) is 99.2 cm³/mol. The summed E-state index contributed by atoms with van der Waals surface area (Å²) < 4.78 is 11.0. The summed E-state index contributed by atoms with van der Waals surface area (Å²) in [6, 6.07) is 0. The fraction of sp³-hybridized carbons (Fsp3) is 0.833. The van der Waals surface area contributed by atoms with E-state index in [2.05, 4.69) is 35.8 Å². The minimum Gasteiger partial charge on any atom is -0.379 e. The van der Waals surface area contributed by atoms with E-state index in [4.69, 9.17) is 9.47 Å². The summed E-state index contributed by atoms with van der Waals surface area (Å²) in [7, 11) is 3.89. The Morgan fingerprint density at radius 2 is 1.83 bits per heavy atom. The first kappa shape index (κ1) is 21.9. The van der Waals surface area contributed by atoms with Crippen molar-refractivity contribution in [1.29, 1.82) is 0 Å². The Hall–Kier alpha value is -1.07. The highest BCUT2D eigenvalue weighted by Gasteiger charge is 2.04. The highest BCUT2D eigenvalue weighted by molar-refractivity contribution is 5.79. The maximum absolute atomic E-state index is 5.54. The number of unbranched alkanes of at least 4 members (excludes halogenated alkanes) is 4. The Morgan fingerprint density at radius 3 is 2.48 bits per heavy atom. The normalized spacial score (nSPS) is 11.5. The number of guanidine groups is 1. The molecule has 0 saturated carbocycles. The first-order chi connectivity index (χ1) is 11.3. The average Bonchev–Trinajstić information content (AvgIpc) is 2.56. The van der Waals surface area contributed by atoms with E-state index in [1.165, 1.54) is 25.7 Å². The van der Waals surface area contributed by atoms with Gasteiger partial charge in [0.1, 0.15) is 0 Å². The van der Waals surface area contributed by atoms with Crippen molar-refractivity contribution in [2.45, 2.75) is 45.4 Å². The molecule has 0 radical (unpaired) electrons. The molecule has 1 N–H and O–H groups in total. The molecule has 136 valence electrons. The van der Waals surface area contributed by atoms with Crippen molar-refractivity contribution in [2.75, 3.05) is 53.6 Å². The molecule has 0 atom stereocenters. The van der Waals surface area contributed by atoms with Crippen LogP contribution >= 0.6 is 0 Å². The fourth-order valence-corrected chi connectivity index (χ4v) is 2.11. The number of nitrogens with one attached hydrogen (secondary N) is 1. The van der Waals surface area contributed by atoms with E-state index < -0.39 is 0 Å². The molecule has 5 nitrogen and oxygen atoms in total. The summed E-state index contributed by atoms with van der Waals surface area (Å²) in [4.78, 5) is 6.47. The van der Waals surface area contributed by atoms with Gasteiger partial charge in [-0.05, 0) is 25.7 Å². The van der Waals surface area contributed by atoms with Gasteiger partial charge in [-0.15, -0.1) is 6.58 Å². The van der Waals surface area contributed by atoms with Crippen molar-refractivity contribution in [3.8, 4) is 0 Å². The molecule has 23 heavy (non-hydrogen) atoms. The van der Waals surface area contributed by atoms with Gasteiger partial charge in [-0.1, -0.05) is 25.8 Å². The number of rotatable bonds is 15. The maximum Gasteiger partial charge on any atom is 0.193 e. The Kier molecular flexibility index (Phi) is 16.5. The Morgan fingerprint density at radius 1 is 1.09 bits per heavy atom. The first-order valence-corrected chi connectivity index (χ1v) is 8.94. The zero-order valence-corrected chi connectivity index (χ0v) is 15.5. The molecular weight excluding hydrogens is 290 g/mol. The third kappa shape index (κ3) is 14.3. The molecule has 0 bridgehead atoms. The van der Waals surface area contributed by atoms with Crippen LogP contribution in [0.15, 0.2) is 17.6 Å². The standard InChI is InChI=1S/C18H37N3O2/c1-5-7-9-10-11-13-21(4)18(19-3)20-12-15-23-17-16-22-14-8-6-2/h5H,1,6-17H2,2-4H3,(H,19,20). The van der Waals surface area contributed by atoms with Gasteiger partial charge >= 0.3 is 0 Å². The summed E-state index contributed by atoms with van der Waals surface area (Å²) in [6.45, 7) is 10.5. The van der Waals surface area contributed by atoms with Crippen LogP contribution in [0.4, 0.5) is 0 Å². The third-order valence-electron chi connectivity index (χ3n) is 3.52. The van der Waals surface area contributed by atoms with Gasteiger partial charge in [-0.2, -0.15) is 0 Å². The zero-order valence-electron chi connectivity index (χ0n) is 15.5. The summed E-state index contributed by atoms with van der Waals surface area (Å²) in [5.74, 6) is 0.927. The van der Waals surface area contributed by atoms with Gasteiger partial charge in [0.15, 0.2) is 5.96 Å². The largest absolute Gasteiger partial charge is 0.379 e. The van der Waals surface area contributed by atoms with Crippen LogP contribution in [0.5, 0.6) is 0 Å². The molecular formula is C18H37N3O2. The fourth-order valence-electron chi connectivity index (χ4n) is 2.11. The molecule has 0 aliphatic rings. The van der Waals surface area contributed by atoms with E-state index in [0.29, 0.717) is 19.8 Å². The molecule has 0 spiro atoms. The van der Waals surface area contributed by atoms with Crippen molar-refractivity contribution >= 4 is 5.96 Å². The van der Waals surface area contributed by atoms with E-state index in [1.54, 1.807) is 0 Å². The second-order valence-corrected chi connectivity index (χ2v) is 5.61. The molecule has 0 unspecified atom stereocenters. The van der Waals surface area contributed by atoms with Gasteiger partial charge in [0.2, 0.25) is 0 Å². The first-order valence-electron chi connectivity index (χ1n) is 8.94. The van der Waals surface area contributed by atoms with Crippen LogP contribution in [0.3, 0.4) is 0 Å². The van der Waals surface area contributed by atoms with E-state index in [0.717, 1.165) is 38.5 Å². The van der Waals surface area contributed by atoms with Gasteiger partial charge in [0.05, 0.1) is 19.8 Å². The van der Waals surface area contributed by atoms with E-state index in [1.807, 2.05) is 13.1 Å². The second kappa shape index (κ2) is 17.3. The Balaban J connectivity index is 3.55. The van der Waals surface area contributed by atoms with Gasteiger partial charge in [0.25, 0.3) is 0 Å². The van der Waals surface area contributed by atoms with E-state index in [9.17, 15) is 0 Å². The van der Waals surface area contributed by atoms with Crippen LogP contribution in [0, 0.1) is 0 Å². The van der Waals surface area contributed by atoms with Crippen LogP contribution in [-0.4, -0.2) is 64.5 Å².